The zero-order valence-corrected chi connectivity index (χ0v) is 17.5. The Kier molecular flexibility index (Phi) is 7.11. The molecule has 3 rings (SSSR count). The van der Waals surface area contributed by atoms with Gasteiger partial charge in [0.25, 0.3) is 0 Å². The Morgan fingerprint density at radius 2 is 2.06 bits per heavy atom. The lowest BCUT2D eigenvalue weighted by molar-refractivity contribution is -0.138. The summed E-state index contributed by atoms with van der Waals surface area (Å²) >= 11 is 1.09. The monoisotopic (exact) mass is 450 g/mol. The minimum Gasteiger partial charge on any atom is -0.493 e. The average Bonchev–Trinajstić information content (AvgIpc) is 3.21. The molecule has 0 aliphatic carbocycles. The van der Waals surface area contributed by atoms with Crippen LogP contribution in [0.3, 0.4) is 0 Å². The summed E-state index contributed by atoms with van der Waals surface area (Å²) in [6.07, 6.45) is 0.980. The fraction of sp³-hybridized carbons (Fsp3) is 0.286. The SMILES string of the molecule is CCCCCOc1ccc(N(C(N)=O)c2nc(-c3cccnc3)cs2)cc1C(F)(F)F. The summed E-state index contributed by atoms with van der Waals surface area (Å²) in [4.78, 5) is 21.4. The molecule has 10 heteroatoms. The fourth-order valence-corrected chi connectivity index (χ4v) is 3.74. The van der Waals surface area contributed by atoms with Gasteiger partial charge in [-0.25, -0.2) is 14.7 Å². The number of halogens is 3. The fourth-order valence-electron chi connectivity index (χ4n) is 2.88. The number of primary amides is 1. The van der Waals surface area contributed by atoms with Crippen LogP contribution in [0.1, 0.15) is 31.7 Å². The van der Waals surface area contributed by atoms with Crippen molar-refractivity contribution < 1.29 is 22.7 Å². The number of thiazole rings is 1. The molecule has 0 unspecified atom stereocenters. The van der Waals surface area contributed by atoms with Gasteiger partial charge in [-0.05, 0) is 36.8 Å². The van der Waals surface area contributed by atoms with Crippen LogP contribution in [-0.4, -0.2) is 22.6 Å². The van der Waals surface area contributed by atoms with Gasteiger partial charge in [0.2, 0.25) is 0 Å². The third-order valence-corrected chi connectivity index (χ3v) is 5.22. The van der Waals surface area contributed by atoms with Gasteiger partial charge in [0.15, 0.2) is 5.13 Å². The van der Waals surface area contributed by atoms with E-state index in [-0.39, 0.29) is 23.2 Å². The van der Waals surface area contributed by atoms with Crippen LogP contribution in [0.4, 0.5) is 28.8 Å². The van der Waals surface area contributed by atoms with Gasteiger partial charge in [0, 0.05) is 23.3 Å². The first kappa shape index (κ1) is 22.5. The number of nitrogens with two attached hydrogens (primary N) is 1. The van der Waals surface area contributed by atoms with Gasteiger partial charge in [-0.1, -0.05) is 19.8 Å². The van der Waals surface area contributed by atoms with Crippen LogP contribution in [0.25, 0.3) is 11.3 Å². The van der Waals surface area contributed by atoms with E-state index >= 15 is 0 Å². The summed E-state index contributed by atoms with van der Waals surface area (Å²) in [6, 6.07) is 5.99. The largest absolute Gasteiger partial charge is 0.493 e. The number of urea groups is 1. The molecule has 164 valence electrons. The van der Waals surface area contributed by atoms with Crippen LogP contribution in [-0.2, 0) is 6.18 Å². The molecule has 0 bridgehead atoms. The first-order chi connectivity index (χ1) is 14.8. The van der Waals surface area contributed by atoms with E-state index in [1.165, 1.54) is 12.1 Å². The van der Waals surface area contributed by atoms with Crippen LogP contribution >= 0.6 is 11.3 Å². The highest BCUT2D eigenvalue weighted by molar-refractivity contribution is 7.14. The van der Waals surface area contributed by atoms with Gasteiger partial charge in [0.1, 0.15) is 5.75 Å². The molecule has 2 amide bonds. The Bertz CT molecular complexity index is 1020. The zero-order valence-electron chi connectivity index (χ0n) is 16.7. The van der Waals surface area contributed by atoms with Gasteiger partial charge >= 0.3 is 12.2 Å². The Morgan fingerprint density at radius 3 is 2.71 bits per heavy atom. The summed E-state index contributed by atoms with van der Waals surface area (Å²) < 4.78 is 46.3. The molecule has 0 atom stereocenters. The Labute approximate surface area is 181 Å². The highest BCUT2D eigenvalue weighted by atomic mass is 32.1. The summed E-state index contributed by atoms with van der Waals surface area (Å²) in [6.45, 7) is 2.17. The van der Waals surface area contributed by atoms with E-state index in [0.29, 0.717) is 17.7 Å². The minimum atomic E-state index is -4.66. The number of amides is 2. The standard InChI is InChI=1S/C21H21F3N4O2S/c1-2-3-4-10-30-18-8-7-15(11-16(18)21(22,23)24)28(19(25)29)20-27-17(13-31-20)14-6-5-9-26-12-14/h5-9,11-13H,2-4,10H2,1H3,(H2,25,29). The maximum absolute atomic E-state index is 13.7. The van der Waals surface area contributed by atoms with E-state index in [0.717, 1.165) is 35.1 Å². The van der Waals surface area contributed by atoms with Crippen molar-refractivity contribution >= 4 is 28.2 Å². The highest BCUT2D eigenvalue weighted by Crippen LogP contribution is 2.40. The van der Waals surface area contributed by atoms with Gasteiger partial charge in [0.05, 0.1) is 23.6 Å². The Hall–Kier alpha value is -3.14. The van der Waals surface area contributed by atoms with Crippen molar-refractivity contribution in [2.45, 2.75) is 32.4 Å². The van der Waals surface area contributed by atoms with Gasteiger partial charge in [-0.3, -0.25) is 4.98 Å². The Balaban J connectivity index is 1.94. The quantitative estimate of drug-likeness (QED) is 0.426. The molecule has 0 saturated heterocycles. The number of hydrogen-bond acceptors (Lipinski definition) is 5. The number of alkyl halides is 3. The maximum atomic E-state index is 13.7. The number of hydrogen-bond donors (Lipinski definition) is 1. The number of benzene rings is 1. The van der Waals surface area contributed by atoms with Crippen LogP contribution < -0.4 is 15.4 Å². The van der Waals surface area contributed by atoms with E-state index in [9.17, 15) is 18.0 Å². The molecule has 0 spiro atoms. The van der Waals surface area contributed by atoms with Crippen molar-refractivity contribution in [3.05, 3.63) is 53.7 Å². The number of aromatic nitrogens is 2. The van der Waals surface area contributed by atoms with Crippen LogP contribution in [0, 0.1) is 0 Å². The Morgan fingerprint density at radius 1 is 1.26 bits per heavy atom. The van der Waals surface area contributed by atoms with E-state index in [4.69, 9.17) is 10.5 Å². The van der Waals surface area contributed by atoms with Gasteiger partial charge < -0.3 is 10.5 Å². The molecule has 6 nitrogen and oxygen atoms in total. The topological polar surface area (TPSA) is 81.3 Å². The summed E-state index contributed by atoms with van der Waals surface area (Å²) in [5, 5.41) is 1.83. The molecule has 2 N–H and O–H groups in total. The molecule has 31 heavy (non-hydrogen) atoms. The summed E-state index contributed by atoms with van der Waals surface area (Å²) in [5.41, 5.74) is 5.71. The lowest BCUT2D eigenvalue weighted by atomic mass is 10.1. The second-order valence-electron chi connectivity index (χ2n) is 6.66. The van der Waals surface area contributed by atoms with E-state index in [2.05, 4.69) is 9.97 Å². The van der Waals surface area contributed by atoms with Crippen LogP contribution in [0.15, 0.2) is 48.1 Å². The number of rotatable bonds is 8. The molecule has 1 aromatic carbocycles. The maximum Gasteiger partial charge on any atom is 0.420 e. The molecule has 0 radical (unpaired) electrons. The number of carbonyl (C=O) groups is 1. The number of anilines is 2. The molecule has 2 aromatic heterocycles. The van der Waals surface area contributed by atoms with Crippen molar-refractivity contribution in [3.8, 4) is 17.0 Å². The lowest BCUT2D eigenvalue weighted by Gasteiger charge is -2.21. The predicted octanol–water partition coefficient (Wildman–Crippen LogP) is 6.01. The van der Waals surface area contributed by atoms with Crippen molar-refractivity contribution in [2.75, 3.05) is 11.5 Å². The predicted molar refractivity (Wildman–Crippen MR) is 114 cm³/mol. The zero-order chi connectivity index (χ0) is 22.4. The second-order valence-corrected chi connectivity index (χ2v) is 7.50. The third-order valence-electron chi connectivity index (χ3n) is 4.39. The molecule has 0 aliphatic heterocycles. The van der Waals surface area contributed by atoms with Crippen LogP contribution in [0.2, 0.25) is 0 Å². The molecule has 2 heterocycles. The van der Waals surface area contributed by atoms with Gasteiger partial charge in [-0.15, -0.1) is 11.3 Å². The van der Waals surface area contributed by atoms with E-state index in [1.54, 1.807) is 29.9 Å². The molecular weight excluding hydrogens is 429 g/mol. The second kappa shape index (κ2) is 9.78. The number of pyridine rings is 1. The van der Waals surface area contributed by atoms with Crippen molar-refractivity contribution in [2.24, 2.45) is 5.73 Å². The first-order valence-corrected chi connectivity index (χ1v) is 10.5. The number of ether oxygens (including phenoxy) is 1. The minimum absolute atomic E-state index is 0.0483. The van der Waals surface area contributed by atoms with E-state index < -0.39 is 17.8 Å². The van der Waals surface area contributed by atoms with Crippen molar-refractivity contribution in [3.63, 3.8) is 0 Å². The van der Waals surface area contributed by atoms with Gasteiger partial charge in [-0.2, -0.15) is 13.2 Å². The summed E-state index contributed by atoms with van der Waals surface area (Å²) in [7, 11) is 0. The number of nitrogens with zero attached hydrogens (tertiary/aromatic N) is 3. The van der Waals surface area contributed by atoms with E-state index in [1.807, 2.05) is 6.92 Å². The smallest absolute Gasteiger partial charge is 0.420 e. The normalized spacial score (nSPS) is 11.4. The average molecular weight is 450 g/mol. The van der Waals surface area contributed by atoms with Crippen LogP contribution in [0.5, 0.6) is 5.75 Å². The molecular formula is C21H21F3N4O2S. The van der Waals surface area contributed by atoms with Crippen molar-refractivity contribution in [1.29, 1.82) is 0 Å². The third kappa shape index (κ3) is 5.52. The van der Waals surface area contributed by atoms with Crippen molar-refractivity contribution in [1.82, 2.24) is 9.97 Å². The summed E-state index contributed by atoms with van der Waals surface area (Å²) in [5.74, 6) is -0.285. The molecule has 0 fully saturated rings. The first-order valence-electron chi connectivity index (χ1n) is 9.60. The number of carbonyl (C=O) groups excluding carboxylic acids is 1. The molecule has 0 saturated carbocycles. The number of unbranched alkanes of at least 4 members (excludes halogenated alkanes) is 2. The molecule has 3 aromatic rings. The molecule has 0 aliphatic rings. The highest BCUT2D eigenvalue weighted by Gasteiger charge is 2.36. The lowest BCUT2D eigenvalue weighted by Crippen LogP contribution is -2.31.